The second kappa shape index (κ2) is 3.24. The molecule has 0 saturated heterocycles. The van der Waals surface area contributed by atoms with E-state index in [0.29, 0.717) is 5.56 Å². The molecule has 0 amide bonds. The quantitative estimate of drug-likeness (QED) is 0.302. The number of nitrogens with one attached hydrogen (secondary N) is 1. The van der Waals surface area contributed by atoms with Gasteiger partial charge in [-0.3, -0.25) is 5.32 Å². The van der Waals surface area contributed by atoms with Crippen molar-refractivity contribution in [1.29, 1.82) is 0 Å². The molecule has 1 rings (SSSR count). The zero-order valence-electron chi connectivity index (χ0n) is 7.70. The third kappa shape index (κ3) is 1.91. The highest BCUT2D eigenvalue weighted by Gasteiger charge is 2.20. The Kier molecular flexibility index (Phi) is 2.45. The molecule has 4 nitrogen and oxygen atoms in total. The van der Waals surface area contributed by atoms with Crippen LogP contribution >= 0.6 is 0 Å². The van der Waals surface area contributed by atoms with Gasteiger partial charge < -0.3 is 15.9 Å². The molecule has 0 saturated carbocycles. The summed E-state index contributed by atoms with van der Waals surface area (Å²) in [4.78, 5) is 0. The Hall–Kier alpha value is -1.26. The van der Waals surface area contributed by atoms with Crippen molar-refractivity contribution in [1.82, 2.24) is 5.32 Å². The van der Waals surface area contributed by atoms with Crippen molar-refractivity contribution in [3.05, 3.63) is 23.8 Å². The molecule has 0 bridgehead atoms. The maximum Gasteiger partial charge on any atom is 0.139 e. The summed E-state index contributed by atoms with van der Waals surface area (Å²) in [6.07, 6.45) is 0. The number of hydrogen-bond donors (Lipinski definition) is 4. The van der Waals surface area contributed by atoms with Crippen LogP contribution in [0, 0.1) is 0 Å². The van der Waals surface area contributed by atoms with Gasteiger partial charge in [0.05, 0.1) is 5.69 Å². The second-order valence-electron chi connectivity index (χ2n) is 3.10. The number of aliphatic hydroxyl groups is 1. The third-order valence-corrected chi connectivity index (χ3v) is 2.08. The number of anilines is 1. The van der Waals surface area contributed by atoms with Gasteiger partial charge in [0.25, 0.3) is 0 Å². The molecule has 1 atom stereocenters. The van der Waals surface area contributed by atoms with E-state index in [1.54, 1.807) is 20.0 Å². The van der Waals surface area contributed by atoms with Crippen LogP contribution in [0.25, 0.3) is 0 Å². The van der Waals surface area contributed by atoms with Gasteiger partial charge in [-0.15, -0.1) is 0 Å². The van der Waals surface area contributed by atoms with E-state index in [4.69, 9.17) is 10.8 Å². The molecule has 0 aliphatic heterocycles. The standard InChI is InChI=1S/C9H14N2O2/c1-9(13,11-2)6-3-4-8(12)7(10)5-6/h3-5,11-13H,10H2,1-2H3. The number of rotatable bonds is 2. The summed E-state index contributed by atoms with van der Waals surface area (Å²) < 4.78 is 0. The van der Waals surface area contributed by atoms with E-state index >= 15 is 0 Å². The van der Waals surface area contributed by atoms with Gasteiger partial charge >= 0.3 is 0 Å². The van der Waals surface area contributed by atoms with E-state index in [2.05, 4.69) is 5.32 Å². The van der Waals surface area contributed by atoms with Gasteiger partial charge in [0.1, 0.15) is 11.5 Å². The van der Waals surface area contributed by atoms with Gasteiger partial charge in [0.15, 0.2) is 0 Å². The minimum Gasteiger partial charge on any atom is -0.506 e. The Morgan fingerprint density at radius 1 is 1.46 bits per heavy atom. The Morgan fingerprint density at radius 3 is 2.54 bits per heavy atom. The molecule has 4 heteroatoms. The van der Waals surface area contributed by atoms with Gasteiger partial charge in [-0.25, -0.2) is 0 Å². The van der Waals surface area contributed by atoms with Crippen molar-refractivity contribution in [2.24, 2.45) is 0 Å². The van der Waals surface area contributed by atoms with Gasteiger partial charge in [-0.05, 0) is 26.1 Å². The molecule has 0 fully saturated rings. The Bertz CT molecular complexity index is 310. The molecule has 0 radical (unpaired) electrons. The summed E-state index contributed by atoms with van der Waals surface area (Å²) in [7, 11) is 1.64. The Morgan fingerprint density at radius 2 is 2.08 bits per heavy atom. The lowest BCUT2D eigenvalue weighted by Gasteiger charge is -2.23. The fourth-order valence-corrected chi connectivity index (χ4v) is 1.00. The number of hydrogen-bond acceptors (Lipinski definition) is 4. The number of nitrogens with two attached hydrogens (primary N) is 1. The first-order valence-corrected chi connectivity index (χ1v) is 3.97. The van der Waals surface area contributed by atoms with Crippen molar-refractivity contribution in [3.8, 4) is 5.75 Å². The molecule has 1 aromatic carbocycles. The zero-order valence-corrected chi connectivity index (χ0v) is 7.70. The van der Waals surface area contributed by atoms with Gasteiger partial charge in [0.2, 0.25) is 0 Å². The zero-order chi connectivity index (χ0) is 10.1. The van der Waals surface area contributed by atoms with Crippen LogP contribution in [0.3, 0.4) is 0 Å². The van der Waals surface area contributed by atoms with Crippen LogP contribution in [-0.2, 0) is 5.72 Å². The van der Waals surface area contributed by atoms with Crippen molar-refractivity contribution in [3.63, 3.8) is 0 Å². The second-order valence-corrected chi connectivity index (χ2v) is 3.10. The van der Waals surface area contributed by atoms with Gasteiger partial charge in [0, 0.05) is 5.56 Å². The van der Waals surface area contributed by atoms with Crippen molar-refractivity contribution in [2.45, 2.75) is 12.6 Å². The van der Waals surface area contributed by atoms with Crippen LogP contribution in [0.4, 0.5) is 5.69 Å². The predicted molar refractivity (Wildman–Crippen MR) is 51.1 cm³/mol. The number of phenols is 1. The summed E-state index contributed by atoms with van der Waals surface area (Å²) in [5, 5.41) is 21.6. The molecule has 0 aliphatic rings. The van der Waals surface area contributed by atoms with Crippen molar-refractivity contribution in [2.75, 3.05) is 12.8 Å². The molecule has 0 aliphatic carbocycles. The monoisotopic (exact) mass is 182 g/mol. The molecule has 5 N–H and O–H groups in total. The normalized spacial score (nSPS) is 15.3. The van der Waals surface area contributed by atoms with Crippen molar-refractivity contribution < 1.29 is 10.2 Å². The van der Waals surface area contributed by atoms with E-state index < -0.39 is 5.72 Å². The molecule has 0 heterocycles. The number of nitrogen functional groups attached to an aromatic ring is 1. The lowest BCUT2D eigenvalue weighted by molar-refractivity contribution is 0.0283. The number of phenolic OH excluding ortho intramolecular Hbond substituents is 1. The lowest BCUT2D eigenvalue weighted by atomic mass is 10.0. The highest BCUT2D eigenvalue weighted by Crippen LogP contribution is 2.25. The van der Waals surface area contributed by atoms with Crippen LogP contribution in [0.15, 0.2) is 18.2 Å². The highest BCUT2D eigenvalue weighted by molar-refractivity contribution is 5.54. The summed E-state index contributed by atoms with van der Waals surface area (Å²) in [5.74, 6) is 0.0238. The maximum atomic E-state index is 9.76. The van der Waals surface area contributed by atoms with E-state index in [0.717, 1.165) is 0 Å². The number of aromatic hydroxyl groups is 1. The number of benzene rings is 1. The Labute approximate surface area is 77.0 Å². The first-order chi connectivity index (χ1) is 5.97. The van der Waals surface area contributed by atoms with Crippen molar-refractivity contribution >= 4 is 5.69 Å². The Balaban J connectivity index is 3.10. The molecular formula is C9H14N2O2. The SMILES string of the molecule is CNC(C)(O)c1ccc(O)c(N)c1. The first kappa shape index (κ1) is 9.83. The first-order valence-electron chi connectivity index (χ1n) is 3.97. The summed E-state index contributed by atoms with van der Waals surface area (Å²) >= 11 is 0. The van der Waals surface area contributed by atoms with E-state index in [9.17, 15) is 5.11 Å². The molecule has 1 unspecified atom stereocenters. The fourth-order valence-electron chi connectivity index (χ4n) is 1.00. The van der Waals surface area contributed by atoms with E-state index in [-0.39, 0.29) is 11.4 Å². The summed E-state index contributed by atoms with van der Waals surface area (Å²) in [5.41, 5.74) is 5.23. The molecule has 13 heavy (non-hydrogen) atoms. The lowest BCUT2D eigenvalue weighted by Crippen LogP contribution is -2.36. The smallest absolute Gasteiger partial charge is 0.139 e. The van der Waals surface area contributed by atoms with Crippen LogP contribution in [-0.4, -0.2) is 17.3 Å². The van der Waals surface area contributed by atoms with E-state index in [1.165, 1.54) is 12.1 Å². The average Bonchev–Trinajstić information content (AvgIpc) is 2.09. The topological polar surface area (TPSA) is 78.5 Å². The molecule has 72 valence electrons. The largest absolute Gasteiger partial charge is 0.506 e. The van der Waals surface area contributed by atoms with Gasteiger partial charge in [-0.1, -0.05) is 6.07 Å². The molecule has 0 spiro atoms. The fraction of sp³-hybridized carbons (Fsp3) is 0.333. The summed E-state index contributed by atoms with van der Waals surface area (Å²) in [6, 6.07) is 4.60. The van der Waals surface area contributed by atoms with E-state index in [1.807, 2.05) is 0 Å². The van der Waals surface area contributed by atoms with Gasteiger partial charge in [-0.2, -0.15) is 0 Å². The predicted octanol–water partition coefficient (Wildman–Crippen LogP) is 0.359. The molecule has 1 aromatic rings. The molecule has 0 aromatic heterocycles. The minimum atomic E-state index is -1.12. The summed E-state index contributed by atoms with van der Waals surface area (Å²) in [6.45, 7) is 1.61. The average molecular weight is 182 g/mol. The highest BCUT2D eigenvalue weighted by atomic mass is 16.3. The van der Waals surface area contributed by atoms with Crippen LogP contribution in [0.1, 0.15) is 12.5 Å². The van der Waals surface area contributed by atoms with Crippen LogP contribution in [0.2, 0.25) is 0 Å². The molecular weight excluding hydrogens is 168 g/mol. The third-order valence-electron chi connectivity index (χ3n) is 2.08. The van der Waals surface area contributed by atoms with Crippen LogP contribution < -0.4 is 11.1 Å². The minimum absolute atomic E-state index is 0.0238. The maximum absolute atomic E-state index is 9.76. The van der Waals surface area contributed by atoms with Crippen LogP contribution in [0.5, 0.6) is 5.75 Å².